The summed E-state index contributed by atoms with van der Waals surface area (Å²) in [4.78, 5) is 94.7. The highest BCUT2D eigenvalue weighted by Crippen LogP contribution is 2.46. The van der Waals surface area contributed by atoms with Crippen LogP contribution in [0.1, 0.15) is 53.2 Å². The van der Waals surface area contributed by atoms with Crippen LogP contribution in [0.15, 0.2) is 16.1 Å². The van der Waals surface area contributed by atoms with Gasteiger partial charge in [-0.05, 0) is 0 Å². The lowest BCUT2D eigenvalue weighted by Crippen LogP contribution is -2.56. The number of aromatic nitrogens is 2. The van der Waals surface area contributed by atoms with Crippen LogP contribution in [-0.2, 0) is 72.4 Å². The summed E-state index contributed by atoms with van der Waals surface area (Å²) < 4.78 is 44.8. The molecule has 0 unspecified atom stereocenters. The van der Waals surface area contributed by atoms with Gasteiger partial charge >= 0.3 is 35.8 Å². The number of carbonyl (C=O) groups is 6. The van der Waals surface area contributed by atoms with Crippen LogP contribution < -0.4 is 5.56 Å². The number of rotatable bonds is 10. The molecule has 18 heteroatoms. The predicted octanol–water partition coefficient (Wildman–Crippen LogP) is -0.652. The molecule has 7 atom stereocenters. The molecule has 46 heavy (non-hydrogen) atoms. The summed E-state index contributed by atoms with van der Waals surface area (Å²) in [6.45, 7) is 5.10. The fraction of sp³-hybridized carbons (Fsp3) is 0.607. The van der Waals surface area contributed by atoms with E-state index in [0.717, 1.165) is 45.5 Å². The second-order valence-electron chi connectivity index (χ2n) is 10.8. The lowest BCUT2D eigenvalue weighted by atomic mass is 9.81. The zero-order chi connectivity index (χ0) is 34.0. The minimum absolute atomic E-state index is 0.0197. The quantitative estimate of drug-likeness (QED) is 0.226. The zero-order valence-electron chi connectivity index (χ0n) is 25.8. The molecule has 2 saturated heterocycles. The average Bonchev–Trinajstić information content (AvgIpc) is 3.61. The van der Waals surface area contributed by atoms with Gasteiger partial charge in [0.25, 0.3) is 11.3 Å². The maximum atomic E-state index is 14.1. The van der Waals surface area contributed by atoms with Crippen LogP contribution in [0, 0.1) is 0 Å². The Bertz CT molecular complexity index is 1520. The topological polar surface area (TPSA) is 224 Å². The van der Waals surface area contributed by atoms with Crippen molar-refractivity contribution >= 4 is 47.7 Å². The van der Waals surface area contributed by atoms with Crippen molar-refractivity contribution in [3.8, 4) is 0 Å². The monoisotopic (exact) mass is 651 g/mol. The Morgan fingerprint density at radius 3 is 1.87 bits per heavy atom. The van der Waals surface area contributed by atoms with Gasteiger partial charge in [-0.25, -0.2) is 4.98 Å². The third-order valence-corrected chi connectivity index (χ3v) is 7.33. The number of fused-ring (bicyclic) bond motifs is 1. The molecule has 0 spiro atoms. The summed E-state index contributed by atoms with van der Waals surface area (Å²) in [7, 11) is 0. The highest BCUT2D eigenvalue weighted by molar-refractivity contribution is 5.82. The maximum absolute atomic E-state index is 14.1. The zero-order valence-corrected chi connectivity index (χ0v) is 25.8. The van der Waals surface area contributed by atoms with Crippen molar-refractivity contribution in [2.24, 2.45) is 4.99 Å². The van der Waals surface area contributed by atoms with Gasteiger partial charge < -0.3 is 37.9 Å². The van der Waals surface area contributed by atoms with Crippen molar-refractivity contribution in [3.63, 3.8) is 0 Å². The summed E-state index contributed by atoms with van der Waals surface area (Å²) in [6.07, 6.45) is -2.74. The molecule has 3 aliphatic heterocycles. The van der Waals surface area contributed by atoms with Gasteiger partial charge in [0.2, 0.25) is 0 Å². The number of esters is 6. The molecule has 0 saturated carbocycles. The van der Waals surface area contributed by atoms with Crippen molar-refractivity contribution in [2.45, 2.75) is 83.2 Å². The van der Waals surface area contributed by atoms with Gasteiger partial charge in [0.15, 0.2) is 23.5 Å². The van der Waals surface area contributed by atoms with E-state index in [1.54, 1.807) is 0 Å². The van der Waals surface area contributed by atoms with Gasteiger partial charge in [0, 0.05) is 47.8 Å². The fourth-order valence-electron chi connectivity index (χ4n) is 5.71. The van der Waals surface area contributed by atoms with Crippen LogP contribution in [0.25, 0.3) is 0 Å². The molecule has 2 fully saturated rings. The Morgan fingerprint density at radius 2 is 1.33 bits per heavy atom. The van der Waals surface area contributed by atoms with E-state index in [1.807, 2.05) is 0 Å². The van der Waals surface area contributed by atoms with E-state index >= 15 is 0 Å². The van der Waals surface area contributed by atoms with E-state index in [2.05, 4.69) is 9.98 Å². The first kappa shape index (κ1) is 34.2. The number of hydrogen-bond donors (Lipinski definition) is 0. The Balaban J connectivity index is 1.82. The highest BCUT2D eigenvalue weighted by Gasteiger charge is 2.62. The Hall–Kier alpha value is -4.71. The smallest absolute Gasteiger partial charge is 0.304 e. The summed E-state index contributed by atoms with van der Waals surface area (Å²) in [5.41, 5.74) is -5.08. The molecule has 0 aromatic carbocycles. The molecule has 0 N–H and O–H groups in total. The number of nitrogens with zero attached hydrogens (tertiary/aromatic N) is 3. The van der Waals surface area contributed by atoms with Crippen LogP contribution in [0.5, 0.6) is 0 Å². The molecular formula is C28H33N3O15. The Morgan fingerprint density at radius 1 is 0.783 bits per heavy atom. The van der Waals surface area contributed by atoms with Crippen LogP contribution in [0.4, 0.5) is 5.69 Å². The summed E-state index contributed by atoms with van der Waals surface area (Å²) in [5.74, 6) is -5.65. The number of ether oxygens (including phenoxy) is 8. The van der Waals surface area contributed by atoms with Gasteiger partial charge in [0.1, 0.15) is 38.4 Å². The third kappa shape index (κ3) is 6.62. The lowest BCUT2D eigenvalue weighted by Gasteiger charge is -2.37. The normalized spacial score (nSPS) is 29.4. The van der Waals surface area contributed by atoms with E-state index < -0.39 is 96.2 Å². The molecule has 0 amide bonds. The van der Waals surface area contributed by atoms with E-state index in [9.17, 15) is 33.6 Å². The highest BCUT2D eigenvalue weighted by atomic mass is 16.7. The lowest BCUT2D eigenvalue weighted by molar-refractivity contribution is -0.198. The van der Waals surface area contributed by atoms with Crippen molar-refractivity contribution < 1.29 is 66.7 Å². The predicted molar refractivity (Wildman–Crippen MR) is 147 cm³/mol. The van der Waals surface area contributed by atoms with Crippen LogP contribution in [0.2, 0.25) is 0 Å². The molecule has 0 bridgehead atoms. The SMILES string of the molecule is CC(=O)OC[C@@H]1OC[C@](OC(C)=O)([C@@H]2C=Nc3c2ncn([C@]2(OC(C)=O)CO[C@H](COC(C)=O)[C@H]2OC(C)=O)c3=O)[C@H]1OC(C)=O. The van der Waals surface area contributed by atoms with Gasteiger partial charge in [0.05, 0.1) is 18.2 Å². The molecule has 1 aromatic heterocycles. The minimum atomic E-state index is -2.10. The van der Waals surface area contributed by atoms with E-state index in [1.165, 1.54) is 13.1 Å². The second-order valence-corrected chi connectivity index (χ2v) is 10.8. The molecule has 3 aliphatic rings. The fourth-order valence-corrected chi connectivity index (χ4v) is 5.71. The largest absolute Gasteiger partial charge is 0.463 e. The second kappa shape index (κ2) is 13.3. The first-order valence-corrected chi connectivity index (χ1v) is 14.0. The van der Waals surface area contributed by atoms with Gasteiger partial charge in [-0.2, -0.15) is 0 Å². The molecule has 0 radical (unpaired) electrons. The average molecular weight is 652 g/mol. The molecule has 250 valence electrons. The molecule has 4 heterocycles. The van der Waals surface area contributed by atoms with Crippen molar-refractivity contribution in [1.82, 2.24) is 9.55 Å². The molecule has 0 aliphatic carbocycles. The standard InChI is InChI=1S/C28H33N3O15/c1-13(32)39-8-20-24(43-15(3)34)27(10-41-20,45-17(5)36)19-7-29-23-22(19)30-12-31(26(23)38)28(46-18(6)37)11-42-21(9-40-14(2)33)25(28)44-16(4)35/h7,12,19-21,24-25H,8-11H2,1-6H3/t19-,20+,21-,24+,25-,27+,28+/m1/s1. The van der Waals surface area contributed by atoms with Gasteiger partial charge in [-0.3, -0.25) is 43.1 Å². The van der Waals surface area contributed by atoms with E-state index in [-0.39, 0.29) is 24.6 Å². The van der Waals surface area contributed by atoms with Crippen molar-refractivity contribution in [2.75, 3.05) is 26.4 Å². The Kier molecular flexibility index (Phi) is 9.91. The van der Waals surface area contributed by atoms with Crippen LogP contribution in [0.3, 0.4) is 0 Å². The summed E-state index contributed by atoms with van der Waals surface area (Å²) in [6, 6.07) is 0. The maximum Gasteiger partial charge on any atom is 0.304 e. The Labute approximate surface area is 261 Å². The minimum Gasteiger partial charge on any atom is -0.463 e. The van der Waals surface area contributed by atoms with Gasteiger partial charge in [-0.15, -0.1) is 0 Å². The molecule has 1 aromatic rings. The van der Waals surface area contributed by atoms with Crippen LogP contribution in [-0.4, -0.2) is 108 Å². The summed E-state index contributed by atoms with van der Waals surface area (Å²) in [5, 5.41) is 0. The van der Waals surface area contributed by atoms with Gasteiger partial charge in [-0.1, -0.05) is 0 Å². The number of hydrogen-bond acceptors (Lipinski definition) is 17. The third-order valence-electron chi connectivity index (χ3n) is 7.33. The van der Waals surface area contributed by atoms with Crippen molar-refractivity contribution in [3.05, 3.63) is 22.4 Å². The molecular weight excluding hydrogens is 618 g/mol. The summed E-state index contributed by atoms with van der Waals surface area (Å²) >= 11 is 0. The number of aliphatic imine (C=N–C) groups is 1. The first-order valence-electron chi connectivity index (χ1n) is 14.0. The van der Waals surface area contributed by atoms with E-state index in [4.69, 9.17) is 37.9 Å². The van der Waals surface area contributed by atoms with E-state index in [0.29, 0.717) is 0 Å². The van der Waals surface area contributed by atoms with Crippen molar-refractivity contribution in [1.29, 1.82) is 0 Å². The molecule has 4 rings (SSSR count). The molecule has 18 nitrogen and oxygen atoms in total. The number of carbonyl (C=O) groups excluding carboxylic acids is 6. The first-order chi connectivity index (χ1) is 21.6. The van der Waals surface area contributed by atoms with Crippen LogP contribution >= 0.6 is 0 Å².